The SMILES string of the molecule is C[C@H]1C[C@H](CO[Si](c2ccccc2)(c2ccccc2)C(C)(C)C)O[C@@]12CC[C@](C)(/C=C1\C(=O)C[C@H](O[Si](c3ccccc3)(c3ccccc3)C(C)(C)C)[C@@H]1CO[Si](C)(C)C(C)(C)C)[C@H]2CCOC(=O)C(C)(C)C. The number of ketones is 1. The second-order valence-electron chi connectivity index (χ2n) is 26.8. The Balaban J connectivity index is 1.29. The Morgan fingerprint density at radius 3 is 1.56 bits per heavy atom. The summed E-state index contributed by atoms with van der Waals surface area (Å²) in [5, 5.41) is 4.41. The van der Waals surface area contributed by atoms with Gasteiger partial charge in [0.15, 0.2) is 14.1 Å². The summed E-state index contributed by atoms with van der Waals surface area (Å²) in [6, 6.07) is 43.2. The lowest BCUT2D eigenvalue weighted by Crippen LogP contribution is -2.68. The van der Waals surface area contributed by atoms with Gasteiger partial charge in [-0.25, -0.2) is 0 Å². The quantitative estimate of drug-likeness (QED) is 0.0628. The van der Waals surface area contributed by atoms with E-state index in [0.29, 0.717) is 19.6 Å². The summed E-state index contributed by atoms with van der Waals surface area (Å²) < 4.78 is 36.4. The fourth-order valence-electron chi connectivity index (χ4n) is 12.6. The molecule has 4 aromatic carbocycles. The van der Waals surface area contributed by atoms with Crippen LogP contribution in [0.15, 0.2) is 133 Å². The van der Waals surface area contributed by atoms with Crippen LogP contribution in [0.25, 0.3) is 0 Å². The lowest BCUT2D eigenvalue weighted by molar-refractivity contribution is -0.155. The first kappa shape index (κ1) is 57.0. The highest BCUT2D eigenvalue weighted by molar-refractivity contribution is 7.00. The van der Waals surface area contributed by atoms with Crippen molar-refractivity contribution in [3.05, 3.63) is 133 Å². The maximum atomic E-state index is 15.2. The molecule has 0 unspecified atom stereocenters. The molecule has 0 radical (unpaired) electrons. The highest BCUT2D eigenvalue weighted by Crippen LogP contribution is 2.61. The van der Waals surface area contributed by atoms with E-state index in [4.69, 9.17) is 22.8 Å². The summed E-state index contributed by atoms with van der Waals surface area (Å²) in [6.45, 7) is 36.9. The zero-order valence-electron chi connectivity index (χ0n) is 47.5. The molecular weight excluding hydrogens is 953 g/mol. The Morgan fingerprint density at radius 1 is 0.658 bits per heavy atom. The number of ether oxygens (including phenoxy) is 2. The second kappa shape index (κ2) is 21.3. The first-order chi connectivity index (χ1) is 34.0. The first-order valence-corrected chi connectivity index (χ1v) is 34.0. The molecule has 0 aromatic heterocycles. The lowest BCUT2D eigenvalue weighted by atomic mass is 9.68. The highest BCUT2D eigenvalue weighted by atomic mass is 28.4. The van der Waals surface area contributed by atoms with E-state index in [2.05, 4.69) is 217 Å². The van der Waals surface area contributed by atoms with Gasteiger partial charge >= 0.3 is 5.97 Å². The van der Waals surface area contributed by atoms with Gasteiger partial charge in [-0.15, -0.1) is 0 Å². The molecule has 7 nitrogen and oxygen atoms in total. The van der Waals surface area contributed by atoms with Crippen LogP contribution in [0.2, 0.25) is 28.2 Å². The normalized spacial score (nSPS) is 26.0. The lowest BCUT2D eigenvalue weighted by Gasteiger charge is -2.46. The summed E-state index contributed by atoms with van der Waals surface area (Å²) in [4.78, 5) is 28.6. The molecule has 4 aromatic rings. The van der Waals surface area contributed by atoms with Crippen LogP contribution >= 0.6 is 0 Å². The number of benzene rings is 4. The molecule has 3 aliphatic rings. The molecule has 396 valence electrons. The molecule has 2 aliphatic carbocycles. The second-order valence-corrected chi connectivity index (χ2v) is 40.1. The van der Waals surface area contributed by atoms with Crippen LogP contribution in [0, 0.1) is 28.6 Å². The van der Waals surface area contributed by atoms with Crippen LogP contribution in [-0.4, -0.2) is 74.3 Å². The fraction of sp³-hybridized carbons (Fsp3) is 0.556. The standard InChI is InChI=1S/C63H90O7Si3/c1-46-41-47(44-68-72(60(8,9)10,48-29-21-17-22-30-48)49-31-23-18-24-32-49)69-63(46)39-38-62(14,56(63)37-40-66-57(65)58(2,3)4)43-52-53(45-67-71(15,16)59(5,6)7)55(42-54(52)64)70-73(61(11,12)13,50-33-25-19-26-34-50)51-35-27-20-28-36-51/h17-36,43,46-47,53,55-56H,37-42,44-45H2,1-16H3/b52-43-/t46-,47+,53+,55-,56+,62+,63-/m0/s1. The van der Waals surface area contributed by atoms with Gasteiger partial charge in [-0.2, -0.15) is 0 Å². The summed E-state index contributed by atoms with van der Waals surface area (Å²) in [5.74, 6) is -0.241. The third-order valence-electron chi connectivity index (χ3n) is 17.6. The third-order valence-corrected chi connectivity index (χ3v) is 32.2. The van der Waals surface area contributed by atoms with Gasteiger partial charge in [0, 0.05) is 24.9 Å². The van der Waals surface area contributed by atoms with Gasteiger partial charge in [-0.05, 0) is 112 Å². The van der Waals surface area contributed by atoms with Crippen molar-refractivity contribution in [2.45, 2.75) is 175 Å². The molecular formula is C63H90O7Si3. The van der Waals surface area contributed by atoms with Crippen molar-refractivity contribution in [3.8, 4) is 0 Å². The Hall–Kier alpha value is -3.75. The van der Waals surface area contributed by atoms with Crippen LogP contribution < -0.4 is 20.7 Å². The zero-order chi connectivity index (χ0) is 53.5. The minimum Gasteiger partial charge on any atom is -0.465 e. The van der Waals surface area contributed by atoms with E-state index in [-0.39, 0.29) is 63.8 Å². The molecule has 0 amide bonds. The van der Waals surface area contributed by atoms with E-state index < -0.39 is 47.5 Å². The van der Waals surface area contributed by atoms with Crippen LogP contribution in [0.5, 0.6) is 0 Å². The molecule has 7 atom stereocenters. The largest absolute Gasteiger partial charge is 0.465 e. The van der Waals surface area contributed by atoms with Gasteiger partial charge in [-0.1, -0.05) is 204 Å². The van der Waals surface area contributed by atoms with E-state index >= 15 is 4.79 Å². The third kappa shape index (κ3) is 11.2. The van der Waals surface area contributed by atoms with E-state index in [1.165, 1.54) is 20.7 Å². The van der Waals surface area contributed by atoms with Crippen LogP contribution in [0.1, 0.15) is 129 Å². The number of carbonyl (C=O) groups excluding carboxylic acids is 2. The van der Waals surface area contributed by atoms with Crippen molar-refractivity contribution in [3.63, 3.8) is 0 Å². The van der Waals surface area contributed by atoms with Gasteiger partial charge in [0.25, 0.3) is 16.6 Å². The van der Waals surface area contributed by atoms with Crippen LogP contribution in [0.4, 0.5) is 0 Å². The van der Waals surface area contributed by atoms with Crippen molar-refractivity contribution in [1.82, 2.24) is 0 Å². The molecule has 73 heavy (non-hydrogen) atoms. The molecule has 10 heteroatoms. The van der Waals surface area contributed by atoms with Gasteiger partial charge in [0.1, 0.15) is 0 Å². The summed E-state index contributed by atoms with van der Waals surface area (Å²) in [5.41, 5.74) is -0.815. The van der Waals surface area contributed by atoms with Crippen molar-refractivity contribution < 1.29 is 32.3 Å². The minimum absolute atomic E-state index is 0.0271. The molecule has 1 saturated heterocycles. The number of hydrogen-bond acceptors (Lipinski definition) is 7. The van der Waals surface area contributed by atoms with Gasteiger partial charge in [0.2, 0.25) is 0 Å². The maximum absolute atomic E-state index is 15.2. The highest BCUT2D eigenvalue weighted by Gasteiger charge is 2.62. The predicted octanol–water partition coefficient (Wildman–Crippen LogP) is 12.6. The first-order valence-electron chi connectivity index (χ1n) is 27.3. The number of esters is 1. The maximum Gasteiger partial charge on any atom is 0.311 e. The van der Waals surface area contributed by atoms with Crippen molar-refractivity contribution in [1.29, 1.82) is 0 Å². The number of carbonyl (C=O) groups is 2. The fourth-order valence-corrected chi connectivity index (χ4v) is 23.0. The molecule has 3 fully saturated rings. The molecule has 7 rings (SSSR count). The summed E-state index contributed by atoms with van der Waals surface area (Å²) >= 11 is 0. The van der Waals surface area contributed by atoms with E-state index in [0.717, 1.165) is 24.8 Å². The van der Waals surface area contributed by atoms with E-state index in [9.17, 15) is 4.79 Å². The summed E-state index contributed by atoms with van der Waals surface area (Å²) in [7, 11) is -8.19. The minimum atomic E-state index is -3.07. The van der Waals surface area contributed by atoms with Crippen molar-refractivity contribution >= 4 is 57.5 Å². The van der Waals surface area contributed by atoms with Crippen LogP contribution in [-0.2, 0) is 32.3 Å². The number of allylic oxidation sites excluding steroid dienone is 1. The molecule has 2 saturated carbocycles. The zero-order valence-corrected chi connectivity index (χ0v) is 50.5. The topological polar surface area (TPSA) is 80.3 Å². The summed E-state index contributed by atoms with van der Waals surface area (Å²) in [6.07, 6.45) is 5.19. The van der Waals surface area contributed by atoms with Crippen molar-refractivity contribution in [2.75, 3.05) is 19.8 Å². The monoisotopic (exact) mass is 1040 g/mol. The smallest absolute Gasteiger partial charge is 0.311 e. The average Bonchev–Trinajstić information content (AvgIpc) is 3.91. The molecule has 1 spiro atoms. The Labute approximate surface area is 444 Å². The number of hydrogen-bond donors (Lipinski definition) is 0. The van der Waals surface area contributed by atoms with Gasteiger partial charge < -0.3 is 22.8 Å². The van der Waals surface area contributed by atoms with E-state index in [1.54, 1.807) is 0 Å². The Kier molecular flexibility index (Phi) is 16.7. The molecule has 1 heterocycles. The van der Waals surface area contributed by atoms with E-state index in [1.807, 2.05) is 20.8 Å². The van der Waals surface area contributed by atoms with Gasteiger partial charge in [0.05, 0.1) is 36.4 Å². The Morgan fingerprint density at radius 2 is 1.12 bits per heavy atom. The Bertz CT molecular complexity index is 2440. The number of Topliss-reactive ketones (excluding diaryl/α,β-unsaturated/α-hetero) is 1. The molecule has 1 aliphatic heterocycles. The van der Waals surface area contributed by atoms with Crippen molar-refractivity contribution in [2.24, 2.45) is 28.6 Å². The predicted molar refractivity (Wildman–Crippen MR) is 308 cm³/mol. The average molecular weight is 1040 g/mol. The number of rotatable bonds is 16. The van der Waals surface area contributed by atoms with Gasteiger partial charge in [-0.3, -0.25) is 9.59 Å². The molecule has 0 bridgehead atoms. The molecule has 0 N–H and O–H groups in total. The van der Waals surface area contributed by atoms with Crippen LogP contribution in [0.3, 0.4) is 0 Å².